The van der Waals surface area contributed by atoms with E-state index in [1.165, 1.54) is 11.3 Å². The monoisotopic (exact) mass is 556 g/mol. The summed E-state index contributed by atoms with van der Waals surface area (Å²) in [5.74, 6) is 0.332. The normalized spacial score (nSPS) is 14.3. The van der Waals surface area contributed by atoms with E-state index < -0.39 is 5.91 Å². The van der Waals surface area contributed by atoms with Crippen molar-refractivity contribution in [2.45, 2.75) is 13.0 Å². The zero-order valence-corrected chi connectivity index (χ0v) is 22.4. The lowest BCUT2D eigenvalue weighted by atomic mass is 10.0. The van der Waals surface area contributed by atoms with Crippen LogP contribution in [-0.2, 0) is 17.8 Å². The number of benzene rings is 2. The van der Waals surface area contributed by atoms with Gasteiger partial charge in [-0.2, -0.15) is 5.01 Å². The molecule has 2 amide bonds. The molecule has 6 nitrogen and oxygen atoms in total. The van der Waals surface area contributed by atoms with E-state index in [0.29, 0.717) is 39.3 Å². The molecule has 0 spiro atoms. The van der Waals surface area contributed by atoms with Crippen molar-refractivity contribution in [3.63, 3.8) is 0 Å². The number of amides is 2. The van der Waals surface area contributed by atoms with Crippen molar-refractivity contribution in [2.75, 3.05) is 7.11 Å². The number of nitrogens with zero attached hydrogens (tertiary/aromatic N) is 1. The number of nitrogens with one attached hydrogen (secondary N) is 1. The number of rotatable bonds is 9. The Bertz CT molecular complexity index is 1340. The molecule has 0 unspecified atom stereocenters. The van der Waals surface area contributed by atoms with Gasteiger partial charge in [-0.15, -0.1) is 17.9 Å². The third kappa shape index (κ3) is 5.99. The van der Waals surface area contributed by atoms with Crippen LogP contribution >= 0.6 is 46.9 Å². The summed E-state index contributed by atoms with van der Waals surface area (Å²) in [6.07, 6.45) is 4.02. The van der Waals surface area contributed by atoms with Crippen LogP contribution in [0.25, 0.3) is 6.08 Å². The number of ether oxygens (including phenoxy) is 2. The summed E-state index contributed by atoms with van der Waals surface area (Å²) in [4.78, 5) is 26.3. The van der Waals surface area contributed by atoms with E-state index in [9.17, 15) is 9.59 Å². The lowest BCUT2D eigenvalue weighted by Gasteiger charge is -2.16. The van der Waals surface area contributed by atoms with Gasteiger partial charge < -0.3 is 9.47 Å². The van der Waals surface area contributed by atoms with Crippen LogP contribution in [0.5, 0.6) is 11.5 Å². The Kier molecular flexibility index (Phi) is 8.48. The molecule has 2 aromatic carbocycles. The highest BCUT2D eigenvalue weighted by molar-refractivity contribution is 8.26. The highest BCUT2D eigenvalue weighted by Crippen LogP contribution is 2.37. The lowest BCUT2D eigenvalue weighted by molar-refractivity contribution is -0.123. The molecule has 0 bridgehead atoms. The van der Waals surface area contributed by atoms with Gasteiger partial charge in [0, 0.05) is 10.6 Å². The summed E-state index contributed by atoms with van der Waals surface area (Å²) >= 11 is 13.7. The quantitative estimate of drug-likeness (QED) is 0.190. The van der Waals surface area contributed by atoms with Gasteiger partial charge in [0.15, 0.2) is 15.8 Å². The van der Waals surface area contributed by atoms with Crippen molar-refractivity contribution in [1.29, 1.82) is 0 Å². The Balaban J connectivity index is 1.57. The third-order valence-corrected chi connectivity index (χ3v) is 7.51. The van der Waals surface area contributed by atoms with Gasteiger partial charge in [-0.1, -0.05) is 47.6 Å². The fourth-order valence-corrected chi connectivity index (χ4v) is 5.32. The van der Waals surface area contributed by atoms with Crippen LogP contribution < -0.4 is 14.9 Å². The molecule has 184 valence electrons. The molecular weight excluding hydrogens is 536 g/mol. The van der Waals surface area contributed by atoms with Gasteiger partial charge in [-0.25, -0.2) is 0 Å². The van der Waals surface area contributed by atoms with Gasteiger partial charge in [-0.05, 0) is 71.6 Å². The molecular formula is C26H21ClN2O4S3. The van der Waals surface area contributed by atoms with E-state index in [1.54, 1.807) is 42.8 Å². The van der Waals surface area contributed by atoms with Crippen molar-refractivity contribution >= 4 is 69.1 Å². The second kappa shape index (κ2) is 11.7. The van der Waals surface area contributed by atoms with Gasteiger partial charge in [0.1, 0.15) is 6.61 Å². The maximum Gasteiger partial charge on any atom is 0.285 e. The molecule has 1 aliphatic rings. The molecule has 1 fully saturated rings. The molecule has 1 N–H and O–H groups in total. The van der Waals surface area contributed by atoms with Crippen molar-refractivity contribution < 1.29 is 19.1 Å². The molecule has 3 aromatic rings. The van der Waals surface area contributed by atoms with E-state index in [4.69, 9.17) is 33.3 Å². The number of thioether (sulfide) groups is 1. The first-order chi connectivity index (χ1) is 17.4. The zero-order chi connectivity index (χ0) is 25.7. The first-order valence-corrected chi connectivity index (χ1v) is 13.2. The maximum absolute atomic E-state index is 13.0. The number of hydrogen-bond donors (Lipinski definition) is 1. The molecule has 0 aliphatic carbocycles. The van der Waals surface area contributed by atoms with E-state index in [2.05, 4.69) is 12.0 Å². The predicted octanol–water partition coefficient (Wildman–Crippen LogP) is 6.26. The number of hydrazine groups is 1. The van der Waals surface area contributed by atoms with Crippen LogP contribution in [0.4, 0.5) is 0 Å². The summed E-state index contributed by atoms with van der Waals surface area (Å²) < 4.78 is 12.0. The van der Waals surface area contributed by atoms with Crippen molar-refractivity contribution in [2.24, 2.45) is 0 Å². The average molecular weight is 557 g/mol. The lowest BCUT2D eigenvalue weighted by Crippen LogP contribution is -2.44. The Morgan fingerprint density at radius 2 is 2.03 bits per heavy atom. The van der Waals surface area contributed by atoms with Gasteiger partial charge in [0.05, 0.1) is 16.9 Å². The predicted molar refractivity (Wildman–Crippen MR) is 149 cm³/mol. The minimum Gasteiger partial charge on any atom is -0.493 e. The molecule has 36 heavy (non-hydrogen) atoms. The van der Waals surface area contributed by atoms with Crippen molar-refractivity contribution in [3.8, 4) is 11.5 Å². The maximum atomic E-state index is 13.0. The second-order valence-corrected chi connectivity index (χ2v) is 10.6. The largest absolute Gasteiger partial charge is 0.493 e. The summed E-state index contributed by atoms with van der Waals surface area (Å²) in [6, 6.07) is 14.6. The Morgan fingerprint density at radius 1 is 1.25 bits per heavy atom. The summed E-state index contributed by atoms with van der Waals surface area (Å²) in [5, 5.41) is 3.54. The Labute approximate surface area is 227 Å². The molecule has 10 heteroatoms. The number of carbonyl (C=O) groups excluding carboxylic acids is 2. The van der Waals surface area contributed by atoms with Crippen molar-refractivity contribution in [1.82, 2.24) is 10.4 Å². The van der Waals surface area contributed by atoms with Crippen LogP contribution in [0.1, 0.15) is 26.4 Å². The molecule has 1 aliphatic heterocycles. The highest BCUT2D eigenvalue weighted by Gasteiger charge is 2.34. The number of thiophene rings is 1. The number of hydrogen-bond acceptors (Lipinski definition) is 7. The van der Waals surface area contributed by atoms with E-state index >= 15 is 0 Å². The molecule has 0 atom stereocenters. The van der Waals surface area contributed by atoms with E-state index in [-0.39, 0.29) is 10.2 Å². The number of thiocarbonyl (C=S) groups is 1. The standard InChI is InChI=1S/C26H21ClN2O4S3/c1-3-5-18-12-17(13-20(32-2)23(18)33-15-16-7-9-19(27)10-8-16)14-22-25(31)29(26(34)36-22)28-24(30)21-6-4-11-35-21/h3-4,6-14H,1,5,15H2,2H3,(H,28,30)/b22-14-. The first-order valence-electron chi connectivity index (χ1n) is 10.7. The topological polar surface area (TPSA) is 67.9 Å². The number of halogens is 1. The third-order valence-electron chi connectivity index (χ3n) is 5.08. The van der Waals surface area contributed by atoms with Gasteiger partial charge >= 0.3 is 0 Å². The fraction of sp³-hybridized carbons (Fsp3) is 0.115. The zero-order valence-electron chi connectivity index (χ0n) is 19.2. The average Bonchev–Trinajstić information content (AvgIpc) is 3.49. The fourth-order valence-electron chi connectivity index (χ4n) is 3.41. The SMILES string of the molecule is C=CCc1cc(/C=C2\SC(=S)N(NC(=O)c3cccs3)C2=O)cc(OC)c1OCc1ccc(Cl)cc1. The smallest absolute Gasteiger partial charge is 0.285 e. The van der Waals surface area contributed by atoms with Crippen LogP contribution in [0, 0.1) is 0 Å². The number of allylic oxidation sites excluding steroid dienone is 1. The van der Waals surface area contributed by atoms with Crippen molar-refractivity contribution in [3.05, 3.63) is 98.1 Å². The van der Waals surface area contributed by atoms with Crippen LogP contribution in [0.3, 0.4) is 0 Å². The molecule has 0 saturated carbocycles. The molecule has 4 rings (SSSR count). The molecule has 2 heterocycles. The summed E-state index contributed by atoms with van der Waals surface area (Å²) in [6.45, 7) is 4.18. The van der Waals surface area contributed by atoms with Crippen LogP contribution in [0.2, 0.25) is 5.02 Å². The van der Waals surface area contributed by atoms with Gasteiger partial charge in [-0.3, -0.25) is 15.0 Å². The molecule has 1 saturated heterocycles. The van der Waals surface area contributed by atoms with Gasteiger partial charge in [0.25, 0.3) is 11.8 Å². The minimum atomic E-state index is -0.401. The first kappa shape index (κ1) is 26.0. The van der Waals surface area contributed by atoms with Gasteiger partial charge in [0.2, 0.25) is 0 Å². The highest BCUT2D eigenvalue weighted by atomic mass is 35.5. The molecule has 1 aromatic heterocycles. The second-order valence-electron chi connectivity index (χ2n) is 7.55. The minimum absolute atomic E-state index is 0.248. The van der Waals surface area contributed by atoms with E-state index in [0.717, 1.165) is 33.5 Å². The molecule has 0 radical (unpaired) electrons. The summed E-state index contributed by atoms with van der Waals surface area (Å²) in [7, 11) is 1.56. The van der Waals surface area contributed by atoms with Crippen LogP contribution in [-0.4, -0.2) is 28.3 Å². The Hall–Kier alpha value is -3.11. The number of carbonyl (C=O) groups is 2. The Morgan fingerprint density at radius 3 is 2.69 bits per heavy atom. The summed E-state index contributed by atoms with van der Waals surface area (Å²) in [5.41, 5.74) is 5.13. The van der Waals surface area contributed by atoms with Crippen LogP contribution in [0.15, 0.2) is 71.5 Å². The van der Waals surface area contributed by atoms with E-state index in [1.807, 2.05) is 30.3 Å². The number of methoxy groups -OCH3 is 1.